The summed E-state index contributed by atoms with van der Waals surface area (Å²) in [6.07, 6.45) is 0.711. The van der Waals surface area contributed by atoms with E-state index in [-0.39, 0.29) is 30.0 Å². The molecule has 1 atom stereocenters. The molecular formula is C12H12N2O4S. The molecule has 19 heavy (non-hydrogen) atoms. The maximum absolute atomic E-state index is 12.2. The monoisotopic (exact) mass is 280 g/mol. The van der Waals surface area contributed by atoms with Crippen molar-refractivity contribution in [2.75, 3.05) is 5.32 Å². The van der Waals surface area contributed by atoms with Crippen LogP contribution in [0.5, 0.6) is 0 Å². The highest BCUT2D eigenvalue weighted by Crippen LogP contribution is 2.35. The molecule has 1 amide bonds. The number of Topliss-reactive ketones (excluding diaryl/α,β-unsaturated/α-hetero) is 2. The Morgan fingerprint density at radius 2 is 2.16 bits per heavy atom. The van der Waals surface area contributed by atoms with Gasteiger partial charge in [-0.25, -0.2) is 4.98 Å². The van der Waals surface area contributed by atoms with Crippen LogP contribution in [0.15, 0.2) is 0 Å². The van der Waals surface area contributed by atoms with Gasteiger partial charge in [0.05, 0.1) is 12.3 Å². The number of carbonyl (C=O) groups is 3. The number of amides is 1. The van der Waals surface area contributed by atoms with Gasteiger partial charge in [0, 0.05) is 12.8 Å². The molecule has 1 aromatic rings. The number of hydrogen-bond donors (Lipinski definition) is 1. The molecule has 0 bridgehead atoms. The van der Waals surface area contributed by atoms with E-state index in [9.17, 15) is 14.4 Å². The fourth-order valence-electron chi connectivity index (χ4n) is 2.00. The van der Waals surface area contributed by atoms with Crippen LogP contribution in [0.1, 0.15) is 35.1 Å². The van der Waals surface area contributed by atoms with Crippen molar-refractivity contribution < 1.29 is 19.1 Å². The second-order valence-corrected chi connectivity index (χ2v) is 5.71. The summed E-state index contributed by atoms with van der Waals surface area (Å²) in [6, 6.07) is 0. The first-order chi connectivity index (χ1) is 9.06. The number of aromatic nitrogens is 1. The van der Waals surface area contributed by atoms with Gasteiger partial charge in [0.2, 0.25) is 11.7 Å². The van der Waals surface area contributed by atoms with E-state index in [0.717, 1.165) is 24.2 Å². The average Bonchev–Trinajstić information content (AvgIpc) is 3.10. The quantitative estimate of drug-likeness (QED) is 0.840. The molecule has 7 heteroatoms. The number of carbonyl (C=O) groups excluding carboxylic acids is 3. The second-order valence-electron chi connectivity index (χ2n) is 4.71. The smallest absolute Gasteiger partial charge is 0.223 e. The maximum Gasteiger partial charge on any atom is 0.223 e. The van der Waals surface area contributed by atoms with E-state index < -0.39 is 6.10 Å². The molecule has 1 unspecified atom stereocenters. The van der Waals surface area contributed by atoms with Crippen molar-refractivity contribution in [2.45, 2.75) is 32.5 Å². The number of thiazole rings is 1. The second kappa shape index (κ2) is 4.50. The topological polar surface area (TPSA) is 85.4 Å². The maximum atomic E-state index is 12.2. The highest BCUT2D eigenvalue weighted by molar-refractivity contribution is 7.17. The third-order valence-corrected chi connectivity index (χ3v) is 4.09. The number of rotatable bonds is 3. The first-order valence-corrected chi connectivity index (χ1v) is 6.84. The zero-order valence-corrected chi connectivity index (χ0v) is 11.1. The van der Waals surface area contributed by atoms with Crippen LogP contribution in [-0.4, -0.2) is 28.6 Å². The summed E-state index contributed by atoms with van der Waals surface area (Å²) >= 11 is 1.10. The summed E-state index contributed by atoms with van der Waals surface area (Å²) < 4.78 is 5.33. The lowest BCUT2D eigenvalue weighted by molar-refractivity contribution is -0.130. The molecule has 2 aliphatic rings. The summed E-state index contributed by atoms with van der Waals surface area (Å²) in [7, 11) is 0. The fraction of sp³-hybridized carbons (Fsp3) is 0.500. The Morgan fingerprint density at radius 1 is 1.42 bits per heavy atom. The first-order valence-electron chi connectivity index (χ1n) is 6.03. The number of fused-ring (bicyclic) bond motifs is 1. The van der Waals surface area contributed by atoms with Gasteiger partial charge in [-0.2, -0.15) is 0 Å². The molecular weight excluding hydrogens is 268 g/mol. The SMILES string of the molecule is CC(=O)Nc1nc2c(s1)C(=O)C(C(=O)C1CC1)OC2. The average molecular weight is 280 g/mol. The first kappa shape index (κ1) is 12.4. The fourth-order valence-corrected chi connectivity index (χ4v) is 2.97. The summed E-state index contributed by atoms with van der Waals surface area (Å²) in [6.45, 7) is 1.51. The third kappa shape index (κ3) is 2.31. The predicted molar refractivity (Wildman–Crippen MR) is 67.1 cm³/mol. The van der Waals surface area contributed by atoms with E-state index in [0.29, 0.717) is 15.7 Å². The van der Waals surface area contributed by atoms with Crippen LogP contribution < -0.4 is 5.32 Å². The Balaban J connectivity index is 1.84. The van der Waals surface area contributed by atoms with Crippen LogP contribution in [0, 0.1) is 5.92 Å². The molecule has 1 aromatic heterocycles. The summed E-state index contributed by atoms with van der Waals surface area (Å²) in [5.41, 5.74) is 0.499. The predicted octanol–water partition coefficient (Wildman–Crippen LogP) is 1.16. The molecule has 0 spiro atoms. The largest absolute Gasteiger partial charge is 0.356 e. The van der Waals surface area contributed by atoms with Gasteiger partial charge in [0.15, 0.2) is 17.0 Å². The Morgan fingerprint density at radius 3 is 2.79 bits per heavy atom. The third-order valence-electron chi connectivity index (χ3n) is 3.07. The molecule has 1 saturated carbocycles. The van der Waals surface area contributed by atoms with Crippen LogP contribution in [0.4, 0.5) is 5.13 Å². The molecule has 6 nitrogen and oxygen atoms in total. The van der Waals surface area contributed by atoms with Crippen LogP contribution in [0.2, 0.25) is 0 Å². The van der Waals surface area contributed by atoms with Gasteiger partial charge in [-0.15, -0.1) is 0 Å². The van der Waals surface area contributed by atoms with Crippen LogP contribution in [-0.2, 0) is 20.9 Å². The Bertz CT molecular complexity index is 576. The summed E-state index contributed by atoms with van der Waals surface area (Å²) in [4.78, 5) is 39.6. The molecule has 0 radical (unpaired) electrons. The minimum atomic E-state index is -0.981. The van der Waals surface area contributed by atoms with Gasteiger partial charge in [-0.3, -0.25) is 14.4 Å². The molecule has 0 saturated heterocycles. The van der Waals surface area contributed by atoms with Crippen molar-refractivity contribution >= 4 is 33.9 Å². The molecule has 1 aliphatic carbocycles. The lowest BCUT2D eigenvalue weighted by Crippen LogP contribution is -2.37. The summed E-state index contributed by atoms with van der Waals surface area (Å²) in [5, 5.41) is 2.91. The highest BCUT2D eigenvalue weighted by Gasteiger charge is 2.42. The normalized spacial score (nSPS) is 21.9. The highest BCUT2D eigenvalue weighted by atomic mass is 32.1. The van der Waals surface area contributed by atoms with Crippen LogP contribution in [0.25, 0.3) is 0 Å². The van der Waals surface area contributed by atoms with Gasteiger partial charge < -0.3 is 10.1 Å². The van der Waals surface area contributed by atoms with Gasteiger partial charge in [-0.05, 0) is 12.8 Å². The molecule has 2 heterocycles. The minimum absolute atomic E-state index is 0.0155. The van der Waals surface area contributed by atoms with Crippen molar-refractivity contribution in [3.8, 4) is 0 Å². The molecule has 1 fully saturated rings. The molecule has 1 N–H and O–H groups in total. The number of ketones is 2. The Hall–Kier alpha value is -1.60. The number of ether oxygens (including phenoxy) is 1. The van der Waals surface area contributed by atoms with Crippen molar-refractivity contribution in [3.63, 3.8) is 0 Å². The van der Waals surface area contributed by atoms with E-state index in [4.69, 9.17) is 4.74 Å². The van der Waals surface area contributed by atoms with Gasteiger partial charge in [-0.1, -0.05) is 11.3 Å². The molecule has 0 aromatic carbocycles. The number of hydrogen-bond acceptors (Lipinski definition) is 6. The zero-order chi connectivity index (χ0) is 13.6. The Labute approximate surface area is 113 Å². The van der Waals surface area contributed by atoms with Gasteiger partial charge in [0.25, 0.3) is 0 Å². The van der Waals surface area contributed by atoms with Crippen LogP contribution >= 0.6 is 11.3 Å². The van der Waals surface area contributed by atoms with E-state index in [1.165, 1.54) is 6.92 Å². The van der Waals surface area contributed by atoms with Crippen molar-refractivity contribution in [3.05, 3.63) is 10.6 Å². The van der Waals surface area contributed by atoms with E-state index in [1.54, 1.807) is 0 Å². The van der Waals surface area contributed by atoms with Gasteiger partial charge in [0.1, 0.15) is 4.88 Å². The van der Waals surface area contributed by atoms with Crippen molar-refractivity contribution in [1.29, 1.82) is 0 Å². The zero-order valence-electron chi connectivity index (χ0n) is 10.3. The van der Waals surface area contributed by atoms with Crippen molar-refractivity contribution in [2.24, 2.45) is 5.92 Å². The van der Waals surface area contributed by atoms with E-state index >= 15 is 0 Å². The van der Waals surface area contributed by atoms with Crippen LogP contribution in [0.3, 0.4) is 0 Å². The summed E-state index contributed by atoms with van der Waals surface area (Å²) in [5.74, 6) is -0.708. The molecule has 100 valence electrons. The van der Waals surface area contributed by atoms with E-state index in [1.807, 2.05) is 0 Å². The number of nitrogens with zero attached hydrogens (tertiary/aromatic N) is 1. The lowest BCUT2D eigenvalue weighted by atomic mass is 10.0. The van der Waals surface area contributed by atoms with Crippen molar-refractivity contribution in [1.82, 2.24) is 4.98 Å². The van der Waals surface area contributed by atoms with Gasteiger partial charge >= 0.3 is 0 Å². The van der Waals surface area contributed by atoms with E-state index in [2.05, 4.69) is 10.3 Å². The number of nitrogens with one attached hydrogen (secondary N) is 1. The Kier molecular flexibility index (Phi) is 2.94. The number of anilines is 1. The molecule has 3 rings (SSSR count). The lowest BCUT2D eigenvalue weighted by Gasteiger charge is -2.19. The standard InChI is InChI=1S/C12H12N2O4S/c1-5(15)13-12-14-7-4-18-10(8(16)6-2-3-6)9(17)11(7)19-12/h6,10H,2-4H2,1H3,(H,13,14,15). The minimum Gasteiger partial charge on any atom is -0.356 e. The molecule has 1 aliphatic heterocycles.